The Hall–Kier alpha value is -4.23. The number of hydrogen-bond donors (Lipinski definition) is 3. The maximum atomic E-state index is 14.5. The van der Waals surface area contributed by atoms with Gasteiger partial charge in [0.25, 0.3) is 11.5 Å². The van der Waals surface area contributed by atoms with Crippen molar-refractivity contribution in [3.63, 3.8) is 0 Å². The predicted molar refractivity (Wildman–Crippen MR) is 122 cm³/mol. The number of nitrogens with one attached hydrogen (secondary N) is 2. The second kappa shape index (κ2) is 13.7. The summed E-state index contributed by atoms with van der Waals surface area (Å²) in [6, 6.07) is 5.92. The molecule has 2 aromatic heterocycles. The van der Waals surface area contributed by atoms with E-state index in [1.807, 2.05) is 0 Å². The molecule has 0 spiro atoms. The van der Waals surface area contributed by atoms with Gasteiger partial charge >= 0.3 is 37.1 Å². The molecule has 3 rings (SSSR count). The maximum Gasteiger partial charge on any atom is 1.00 e. The molecule has 2 heterocycles. The summed E-state index contributed by atoms with van der Waals surface area (Å²) in [7, 11) is 0. The van der Waals surface area contributed by atoms with Crippen molar-refractivity contribution in [3.8, 4) is 5.75 Å². The van der Waals surface area contributed by atoms with Gasteiger partial charge in [0.15, 0.2) is 5.69 Å². The number of nitrogens with zero attached hydrogens (tertiary/aromatic N) is 4. The molecule has 0 bridgehead atoms. The van der Waals surface area contributed by atoms with Crippen molar-refractivity contribution in [3.05, 3.63) is 70.2 Å². The van der Waals surface area contributed by atoms with Crippen molar-refractivity contribution >= 4 is 23.5 Å². The van der Waals surface area contributed by atoms with Gasteiger partial charge in [-0.15, -0.1) is 18.3 Å². The van der Waals surface area contributed by atoms with Gasteiger partial charge in [0.05, 0.1) is 18.4 Å². The van der Waals surface area contributed by atoms with E-state index in [2.05, 4.69) is 20.4 Å². The Morgan fingerprint density at radius 1 is 1.20 bits per heavy atom. The third-order valence-electron chi connectivity index (χ3n) is 4.97. The largest absolute Gasteiger partial charge is 1.00 e. The van der Waals surface area contributed by atoms with Crippen LogP contribution in [0.2, 0.25) is 0 Å². The number of carboxylic acids is 1. The summed E-state index contributed by atoms with van der Waals surface area (Å²) >= 11 is 0. The van der Waals surface area contributed by atoms with Gasteiger partial charge in [-0.1, -0.05) is 17.3 Å². The molecule has 0 aliphatic rings. The summed E-state index contributed by atoms with van der Waals surface area (Å²) in [5.74, 6) is -6.03. The SMILES string of the molecule is O=C(O)C(=O)Nc1ccn(CCC(F)Cn2cc(C(=O)NCc3cccc(OC(F)(F)F)c3)nn2)c(=O)c1F.[H-].[Li+]. The summed E-state index contributed by atoms with van der Waals surface area (Å²) in [6.45, 7) is -0.805. The molecule has 1 aromatic carbocycles. The molecule has 0 radical (unpaired) electrons. The van der Waals surface area contributed by atoms with E-state index in [0.717, 1.165) is 39.8 Å². The number of ether oxygens (including phenoxy) is 1. The van der Waals surface area contributed by atoms with E-state index in [-0.39, 0.29) is 52.0 Å². The summed E-state index contributed by atoms with van der Waals surface area (Å²) in [5.41, 5.74) is -1.73. The van der Waals surface area contributed by atoms with Crippen molar-refractivity contribution in [1.29, 1.82) is 0 Å². The number of carboxylic acid groups (broad SMARTS) is 1. The molecule has 0 saturated heterocycles. The molecule has 2 amide bonds. The number of alkyl halides is 4. The van der Waals surface area contributed by atoms with Crippen LogP contribution in [0.4, 0.5) is 27.6 Å². The van der Waals surface area contributed by atoms with Gasteiger partial charge in [-0.3, -0.25) is 14.4 Å². The van der Waals surface area contributed by atoms with E-state index in [1.54, 1.807) is 5.32 Å². The normalized spacial score (nSPS) is 11.7. The second-order valence-corrected chi connectivity index (χ2v) is 7.89. The van der Waals surface area contributed by atoms with Crippen LogP contribution in [0.25, 0.3) is 0 Å². The molecule has 0 aliphatic carbocycles. The molecule has 18 heteroatoms. The molecule has 40 heavy (non-hydrogen) atoms. The zero-order valence-corrected chi connectivity index (χ0v) is 20.6. The zero-order valence-electron chi connectivity index (χ0n) is 21.6. The fourth-order valence-corrected chi connectivity index (χ4v) is 3.19. The van der Waals surface area contributed by atoms with Crippen molar-refractivity contribution in [2.45, 2.75) is 38.6 Å². The van der Waals surface area contributed by atoms with Crippen LogP contribution in [0.1, 0.15) is 23.9 Å². The zero-order chi connectivity index (χ0) is 28.7. The third kappa shape index (κ3) is 9.20. The third-order valence-corrected chi connectivity index (χ3v) is 4.97. The molecule has 0 fully saturated rings. The summed E-state index contributed by atoms with van der Waals surface area (Å²) in [5, 5.41) is 19.9. The first-order chi connectivity index (χ1) is 18.3. The first kappa shape index (κ1) is 32.0. The molecule has 1 unspecified atom stereocenters. The number of carbonyl (C=O) groups excluding carboxylic acids is 2. The van der Waals surface area contributed by atoms with Crippen LogP contribution in [0.5, 0.6) is 5.75 Å². The quantitative estimate of drug-likeness (QED) is 0.160. The van der Waals surface area contributed by atoms with Crippen molar-refractivity contribution in [2.24, 2.45) is 0 Å². The minimum Gasteiger partial charge on any atom is -1.00 e. The molecule has 210 valence electrons. The van der Waals surface area contributed by atoms with Crippen molar-refractivity contribution in [1.82, 2.24) is 24.9 Å². The Balaban J connectivity index is 0.00000420. The molecule has 3 N–H and O–H groups in total. The number of aryl methyl sites for hydroxylation is 1. The maximum absolute atomic E-state index is 14.5. The van der Waals surface area contributed by atoms with Crippen LogP contribution in [0.15, 0.2) is 47.5 Å². The summed E-state index contributed by atoms with van der Waals surface area (Å²) < 4.78 is 71.3. The molecule has 0 saturated carbocycles. The standard InChI is InChI=1S/C22H19F5N6O6.Li.H/c23-13(4-6-32-7-5-15(17(24)20(32)36)29-19(35)21(37)38)10-33-11-16(30-31-33)18(34)28-9-12-2-1-3-14(8-12)39-22(25,26)27;;/h1-3,5,7-8,11,13H,4,6,9-10H2,(H,28,34)(H,29,35)(H,37,38);;/q;+1;-1. The Morgan fingerprint density at radius 3 is 2.60 bits per heavy atom. The van der Waals surface area contributed by atoms with Crippen molar-refractivity contribution < 1.29 is 66.5 Å². The average Bonchev–Trinajstić information content (AvgIpc) is 3.32. The van der Waals surface area contributed by atoms with E-state index in [9.17, 15) is 41.1 Å². The number of aromatic nitrogens is 4. The van der Waals surface area contributed by atoms with Gasteiger partial charge in [-0.05, 0) is 30.2 Å². The molecule has 1 atom stereocenters. The number of rotatable bonds is 10. The van der Waals surface area contributed by atoms with Crippen LogP contribution < -0.4 is 39.8 Å². The number of pyridine rings is 1. The first-order valence-electron chi connectivity index (χ1n) is 10.9. The van der Waals surface area contributed by atoms with Gasteiger partial charge in [0.1, 0.15) is 11.9 Å². The van der Waals surface area contributed by atoms with Crippen molar-refractivity contribution in [2.75, 3.05) is 5.32 Å². The molecule has 12 nitrogen and oxygen atoms in total. The van der Waals surface area contributed by atoms with Crippen LogP contribution >= 0.6 is 0 Å². The molecule has 0 aliphatic heterocycles. The minimum absolute atomic E-state index is 0. The van der Waals surface area contributed by atoms with Gasteiger partial charge in [0, 0.05) is 19.3 Å². The van der Waals surface area contributed by atoms with Gasteiger partial charge in [-0.25, -0.2) is 13.9 Å². The monoisotopic (exact) mass is 566 g/mol. The number of amides is 2. The molecular weight excluding hydrogens is 546 g/mol. The van der Waals surface area contributed by atoms with E-state index in [0.29, 0.717) is 5.56 Å². The fourth-order valence-electron chi connectivity index (χ4n) is 3.19. The first-order valence-corrected chi connectivity index (χ1v) is 10.9. The van der Waals surface area contributed by atoms with Crippen LogP contribution in [-0.2, 0) is 29.2 Å². The van der Waals surface area contributed by atoms with E-state index < -0.39 is 53.1 Å². The number of benzene rings is 1. The van der Waals surface area contributed by atoms with Crippen LogP contribution in [-0.4, -0.2) is 55.0 Å². The second-order valence-electron chi connectivity index (χ2n) is 7.89. The fraction of sp³-hybridized carbons (Fsp3) is 0.273. The molecular formula is C22H20F5LiN6O6. The number of halogens is 5. The topological polar surface area (TPSA) is 157 Å². The number of aliphatic carboxylic acids is 1. The van der Waals surface area contributed by atoms with Crippen LogP contribution in [0, 0.1) is 5.82 Å². The van der Waals surface area contributed by atoms with Gasteiger partial charge < -0.3 is 26.5 Å². The predicted octanol–water partition coefficient (Wildman–Crippen LogP) is -1.02. The smallest absolute Gasteiger partial charge is 1.00 e. The Labute approximate surface area is 234 Å². The summed E-state index contributed by atoms with van der Waals surface area (Å²) in [4.78, 5) is 46.0. The minimum atomic E-state index is -4.87. The average molecular weight is 566 g/mol. The van der Waals surface area contributed by atoms with E-state index in [4.69, 9.17) is 5.11 Å². The molecule has 3 aromatic rings. The number of carbonyl (C=O) groups is 3. The van der Waals surface area contributed by atoms with Gasteiger partial charge in [-0.2, -0.15) is 4.39 Å². The van der Waals surface area contributed by atoms with E-state index in [1.165, 1.54) is 12.1 Å². The van der Waals surface area contributed by atoms with E-state index >= 15 is 0 Å². The Morgan fingerprint density at radius 2 is 1.93 bits per heavy atom. The number of anilines is 1. The Kier molecular flexibility index (Phi) is 11.0. The van der Waals surface area contributed by atoms with Gasteiger partial charge in [0.2, 0.25) is 5.82 Å². The van der Waals surface area contributed by atoms with Crippen LogP contribution in [0.3, 0.4) is 0 Å². The Bertz CT molecular complexity index is 1440. The summed E-state index contributed by atoms with van der Waals surface area (Å²) in [6.07, 6.45) is -4.57. The number of hydrogen-bond acceptors (Lipinski definition) is 7.